The van der Waals surface area contributed by atoms with Gasteiger partial charge in [-0.2, -0.15) is 0 Å². The number of carbonyl (C=O) groups excluding carboxylic acids is 1. The van der Waals surface area contributed by atoms with E-state index in [0.29, 0.717) is 19.0 Å². The molecule has 0 saturated heterocycles. The van der Waals surface area contributed by atoms with Crippen molar-refractivity contribution < 1.29 is 19.2 Å². The Balaban J connectivity index is 1.85. The molecule has 0 radical (unpaired) electrons. The van der Waals surface area contributed by atoms with Gasteiger partial charge in [0.05, 0.1) is 7.11 Å². The molecule has 1 atom stereocenters. The van der Waals surface area contributed by atoms with Crippen molar-refractivity contribution in [3.05, 3.63) is 65.5 Å². The van der Waals surface area contributed by atoms with Gasteiger partial charge in [0.25, 0.3) is 5.91 Å². The van der Waals surface area contributed by atoms with Crippen LogP contribution in [0.1, 0.15) is 31.0 Å². The molecule has 2 aromatic carbocycles. The van der Waals surface area contributed by atoms with E-state index in [2.05, 4.69) is 19.2 Å². The molecule has 2 aromatic rings. The fraction of sp³-hybridized carbons (Fsp3) is 0.350. The molecule has 0 aliphatic carbocycles. The third-order valence-corrected chi connectivity index (χ3v) is 4.18. The third kappa shape index (κ3) is 5.87. The van der Waals surface area contributed by atoms with Crippen LogP contribution >= 0.6 is 0 Å². The first-order valence-electron chi connectivity index (χ1n) is 8.48. The Labute approximate surface area is 148 Å². The van der Waals surface area contributed by atoms with Crippen molar-refractivity contribution in [1.29, 1.82) is 0 Å². The van der Waals surface area contributed by atoms with Gasteiger partial charge in [-0.1, -0.05) is 38.1 Å². The molecule has 0 unspecified atom stereocenters. The molecule has 0 saturated carbocycles. The number of hydrogen-bond donors (Lipinski definition) is 2. The molecule has 0 aromatic heterocycles. The number of halogens is 1. The van der Waals surface area contributed by atoms with Gasteiger partial charge in [-0.15, -0.1) is 0 Å². The minimum atomic E-state index is -0.247. The van der Waals surface area contributed by atoms with Crippen LogP contribution in [0, 0.1) is 11.7 Å². The fourth-order valence-corrected chi connectivity index (χ4v) is 2.73. The number of nitrogens with one attached hydrogen (secondary N) is 1. The number of nitrogens with two attached hydrogens (primary N) is 1. The van der Waals surface area contributed by atoms with Gasteiger partial charge in [0, 0.05) is 18.0 Å². The van der Waals surface area contributed by atoms with Crippen LogP contribution < -0.4 is 15.4 Å². The average Bonchev–Trinajstić information content (AvgIpc) is 2.61. The maximum absolute atomic E-state index is 13.1. The second-order valence-electron chi connectivity index (χ2n) is 6.39. The summed E-state index contributed by atoms with van der Waals surface area (Å²) in [6.07, 6.45) is 0. The number of ether oxygens (including phenoxy) is 1. The predicted octanol–water partition coefficient (Wildman–Crippen LogP) is 2.41. The number of hydrogen-bond acceptors (Lipinski definition) is 2. The van der Waals surface area contributed by atoms with Gasteiger partial charge < -0.3 is 15.4 Å². The molecule has 3 N–H and O–H groups in total. The van der Waals surface area contributed by atoms with Crippen LogP contribution in [-0.4, -0.2) is 19.6 Å². The zero-order valence-electron chi connectivity index (χ0n) is 15.0. The number of benzene rings is 2. The number of methoxy groups -OCH3 is 1. The molecule has 0 fully saturated rings. The van der Waals surface area contributed by atoms with E-state index in [4.69, 9.17) is 4.74 Å². The lowest BCUT2D eigenvalue weighted by Gasteiger charge is -2.19. The molecule has 5 heteroatoms. The van der Waals surface area contributed by atoms with E-state index in [1.165, 1.54) is 12.1 Å². The van der Waals surface area contributed by atoms with Crippen LogP contribution in [0.25, 0.3) is 0 Å². The van der Waals surface area contributed by atoms with Gasteiger partial charge in [-0.05, 0) is 29.8 Å². The van der Waals surface area contributed by atoms with E-state index in [1.807, 2.05) is 29.6 Å². The lowest BCUT2D eigenvalue weighted by molar-refractivity contribution is -0.692. The Morgan fingerprint density at radius 3 is 2.32 bits per heavy atom. The molecule has 4 nitrogen and oxygen atoms in total. The minimum Gasteiger partial charge on any atom is -0.497 e. The van der Waals surface area contributed by atoms with Gasteiger partial charge in [0.1, 0.15) is 17.6 Å². The van der Waals surface area contributed by atoms with E-state index in [1.54, 1.807) is 19.2 Å². The highest BCUT2D eigenvalue weighted by atomic mass is 19.1. The van der Waals surface area contributed by atoms with Gasteiger partial charge in [-0.25, -0.2) is 4.39 Å². The summed E-state index contributed by atoms with van der Waals surface area (Å²) in [5, 5.41) is 4.92. The topological polar surface area (TPSA) is 54.9 Å². The van der Waals surface area contributed by atoms with Crippen molar-refractivity contribution in [2.75, 3.05) is 13.7 Å². The zero-order valence-corrected chi connectivity index (χ0v) is 15.0. The third-order valence-electron chi connectivity index (χ3n) is 4.18. The standard InChI is InChI=1S/C20H25FN2O2/c1-14(2)20(16-6-8-17(21)9-7-16)23-13-19(24)22-12-15-4-10-18(25-3)11-5-15/h4-11,14,20,23H,12-13H2,1-3H3,(H,22,24)/p+1/t20-/m1/s1. The van der Waals surface area contributed by atoms with E-state index in [9.17, 15) is 9.18 Å². The summed E-state index contributed by atoms with van der Waals surface area (Å²) in [6.45, 7) is 5.01. The maximum Gasteiger partial charge on any atom is 0.275 e. The van der Waals surface area contributed by atoms with Crippen LogP contribution in [-0.2, 0) is 11.3 Å². The summed E-state index contributed by atoms with van der Waals surface area (Å²) in [6, 6.07) is 14.2. The average molecular weight is 345 g/mol. The van der Waals surface area contributed by atoms with Crippen molar-refractivity contribution in [2.24, 2.45) is 5.92 Å². The molecule has 2 rings (SSSR count). The number of amides is 1. The lowest BCUT2D eigenvalue weighted by Crippen LogP contribution is -2.88. The monoisotopic (exact) mass is 345 g/mol. The van der Waals surface area contributed by atoms with E-state index >= 15 is 0 Å². The molecule has 25 heavy (non-hydrogen) atoms. The highest BCUT2D eigenvalue weighted by molar-refractivity contribution is 5.76. The first-order valence-corrected chi connectivity index (χ1v) is 8.48. The molecule has 134 valence electrons. The predicted molar refractivity (Wildman–Crippen MR) is 95.6 cm³/mol. The van der Waals surface area contributed by atoms with Crippen molar-refractivity contribution >= 4 is 5.91 Å². The van der Waals surface area contributed by atoms with Crippen LogP contribution in [0.3, 0.4) is 0 Å². The highest BCUT2D eigenvalue weighted by Gasteiger charge is 2.20. The van der Waals surface area contributed by atoms with E-state index < -0.39 is 0 Å². The van der Waals surface area contributed by atoms with Crippen LogP contribution in [0.5, 0.6) is 5.75 Å². The smallest absolute Gasteiger partial charge is 0.275 e. The fourth-order valence-electron chi connectivity index (χ4n) is 2.73. The Hall–Kier alpha value is -2.40. The van der Waals surface area contributed by atoms with Crippen molar-refractivity contribution in [1.82, 2.24) is 5.32 Å². The number of rotatable bonds is 8. The molecule has 0 aliphatic rings. The molecule has 1 amide bonds. The van der Waals surface area contributed by atoms with E-state index in [0.717, 1.165) is 16.9 Å². The van der Waals surface area contributed by atoms with Crippen LogP contribution in [0.15, 0.2) is 48.5 Å². The van der Waals surface area contributed by atoms with Crippen LogP contribution in [0.4, 0.5) is 4.39 Å². The summed E-state index contributed by atoms with van der Waals surface area (Å²) < 4.78 is 18.2. The largest absolute Gasteiger partial charge is 0.497 e. The van der Waals surface area contributed by atoms with Crippen molar-refractivity contribution in [2.45, 2.75) is 26.4 Å². The lowest BCUT2D eigenvalue weighted by atomic mass is 9.96. The summed E-state index contributed by atoms with van der Waals surface area (Å²) in [5.74, 6) is 0.856. The van der Waals surface area contributed by atoms with Crippen molar-refractivity contribution in [3.63, 3.8) is 0 Å². The Kier molecular flexibility index (Phi) is 6.95. The van der Waals surface area contributed by atoms with Gasteiger partial charge >= 0.3 is 0 Å². The Morgan fingerprint density at radius 1 is 1.12 bits per heavy atom. The summed E-state index contributed by atoms with van der Waals surface area (Å²) in [4.78, 5) is 12.1. The van der Waals surface area contributed by atoms with Gasteiger partial charge in [-0.3, -0.25) is 4.79 Å². The first kappa shape index (κ1) is 18.9. The quantitative estimate of drug-likeness (QED) is 0.772. The minimum absolute atomic E-state index is 0.0245. The molecular weight excluding hydrogens is 319 g/mol. The van der Waals surface area contributed by atoms with Crippen molar-refractivity contribution in [3.8, 4) is 5.75 Å². The molecule has 0 aliphatic heterocycles. The molecule has 0 spiro atoms. The van der Waals surface area contributed by atoms with Gasteiger partial charge in [0.15, 0.2) is 6.54 Å². The SMILES string of the molecule is COc1ccc(CNC(=O)C[NH2+][C@@H](c2ccc(F)cc2)C(C)C)cc1. The first-order chi connectivity index (χ1) is 12.0. The molecule has 0 bridgehead atoms. The summed E-state index contributed by atoms with van der Waals surface area (Å²) in [7, 11) is 1.62. The Morgan fingerprint density at radius 2 is 1.76 bits per heavy atom. The zero-order chi connectivity index (χ0) is 18.2. The van der Waals surface area contributed by atoms with E-state index in [-0.39, 0.29) is 17.8 Å². The summed E-state index contributed by atoms with van der Waals surface area (Å²) in [5.41, 5.74) is 2.05. The van der Waals surface area contributed by atoms with Crippen LogP contribution in [0.2, 0.25) is 0 Å². The maximum atomic E-state index is 13.1. The molecular formula is C20H26FN2O2+. The second kappa shape index (κ2) is 9.18. The summed E-state index contributed by atoms with van der Waals surface area (Å²) >= 11 is 0. The number of quaternary nitrogens is 1. The normalized spacial score (nSPS) is 12.0. The second-order valence-corrected chi connectivity index (χ2v) is 6.39. The van der Waals surface area contributed by atoms with Gasteiger partial charge in [0.2, 0.25) is 0 Å². The molecule has 0 heterocycles. The highest BCUT2D eigenvalue weighted by Crippen LogP contribution is 2.17. The Bertz CT molecular complexity index is 669. The number of carbonyl (C=O) groups is 1.